The number of carbonyl (C=O) groups is 1. The summed E-state index contributed by atoms with van der Waals surface area (Å²) in [6, 6.07) is 16.8. The van der Waals surface area contributed by atoms with Gasteiger partial charge in [0.1, 0.15) is 36.1 Å². The van der Waals surface area contributed by atoms with E-state index >= 15 is 0 Å². The third-order valence-corrected chi connectivity index (χ3v) is 8.88. The van der Waals surface area contributed by atoms with Gasteiger partial charge in [0, 0.05) is 43.3 Å². The van der Waals surface area contributed by atoms with Crippen LogP contribution in [-0.4, -0.2) is 52.9 Å². The Labute approximate surface area is 286 Å². The van der Waals surface area contributed by atoms with Crippen molar-refractivity contribution in [2.45, 2.75) is 38.8 Å². The zero-order valence-electron chi connectivity index (χ0n) is 26.8. The summed E-state index contributed by atoms with van der Waals surface area (Å²) in [6.07, 6.45) is 7.43. The van der Waals surface area contributed by atoms with Crippen molar-refractivity contribution < 1.29 is 28.1 Å². The molecule has 1 amide bonds. The van der Waals surface area contributed by atoms with Crippen LogP contribution in [0.1, 0.15) is 43.0 Å². The molecule has 1 atom stereocenters. The van der Waals surface area contributed by atoms with E-state index in [1.54, 1.807) is 36.5 Å². The standard InChI is InChI=1S/C37H34ClFN4O6/c1-2-32(42-16-4-3-5-17-42)49-31-22-29-33(35-34(31)46-19-20-47-35)30(14-15-40-29)48-25-12-13-28(27(38)21-25)41-36(44)26-7-6-18-43(37(26)45)24-10-8-23(39)9-11-24/h6-15,18,21-22,32H,2-5,16-17,19-20H2,1H3,(H,41,44). The number of anilines is 1. The highest BCUT2D eigenvalue weighted by Gasteiger charge is 2.28. The Bertz CT molecular complexity index is 2070. The van der Waals surface area contributed by atoms with Gasteiger partial charge in [0.05, 0.1) is 21.6 Å². The zero-order chi connectivity index (χ0) is 33.9. The van der Waals surface area contributed by atoms with Crippen LogP contribution in [0.15, 0.2) is 83.9 Å². The molecule has 2 aliphatic rings. The number of fused-ring (bicyclic) bond motifs is 3. The molecule has 0 aliphatic carbocycles. The lowest BCUT2D eigenvalue weighted by Crippen LogP contribution is -2.42. The van der Waals surface area contributed by atoms with E-state index in [0.717, 1.165) is 32.4 Å². The van der Waals surface area contributed by atoms with Crippen LogP contribution < -0.4 is 29.8 Å². The number of carbonyl (C=O) groups excluding carboxylic acids is 1. The fraction of sp³-hybridized carbons (Fsp3) is 0.270. The number of hydrogen-bond donors (Lipinski definition) is 1. The monoisotopic (exact) mass is 684 g/mol. The van der Waals surface area contributed by atoms with Crippen LogP contribution in [0.5, 0.6) is 28.7 Å². The SMILES string of the molecule is CCC(Oc1cc2nccc(Oc3ccc(NC(=O)c4cccn(-c5ccc(F)cc5)c4=O)c(Cl)c3)c2c2c1OCCO2)N1CCCCC1. The molecule has 3 aromatic carbocycles. The summed E-state index contributed by atoms with van der Waals surface area (Å²) in [5.74, 6) is 1.39. The van der Waals surface area contributed by atoms with E-state index in [4.69, 9.17) is 30.5 Å². The van der Waals surface area contributed by atoms with E-state index in [9.17, 15) is 14.0 Å². The van der Waals surface area contributed by atoms with Crippen LogP contribution in [0.2, 0.25) is 5.02 Å². The van der Waals surface area contributed by atoms with Crippen molar-refractivity contribution >= 4 is 34.1 Å². The minimum absolute atomic E-state index is 0.0920. The van der Waals surface area contributed by atoms with Crippen molar-refractivity contribution in [3.63, 3.8) is 0 Å². The molecule has 252 valence electrons. The highest BCUT2D eigenvalue weighted by atomic mass is 35.5. The molecule has 5 aromatic rings. The molecule has 10 nitrogen and oxygen atoms in total. The lowest BCUT2D eigenvalue weighted by atomic mass is 10.1. The van der Waals surface area contributed by atoms with Gasteiger partial charge in [-0.25, -0.2) is 4.39 Å². The van der Waals surface area contributed by atoms with Gasteiger partial charge < -0.3 is 24.3 Å². The average molecular weight is 685 g/mol. The van der Waals surface area contributed by atoms with Gasteiger partial charge in [-0.2, -0.15) is 0 Å². The summed E-state index contributed by atoms with van der Waals surface area (Å²) in [5.41, 5.74) is 0.656. The normalized spacial score (nSPS) is 15.1. The number of hydrogen-bond acceptors (Lipinski definition) is 8. The summed E-state index contributed by atoms with van der Waals surface area (Å²) in [4.78, 5) is 33.3. The van der Waals surface area contributed by atoms with E-state index in [0.29, 0.717) is 58.6 Å². The van der Waals surface area contributed by atoms with Crippen LogP contribution in [0.25, 0.3) is 16.6 Å². The van der Waals surface area contributed by atoms with Crippen LogP contribution in [-0.2, 0) is 0 Å². The lowest BCUT2D eigenvalue weighted by Gasteiger charge is -2.34. The Morgan fingerprint density at radius 2 is 1.78 bits per heavy atom. The fourth-order valence-corrected chi connectivity index (χ4v) is 6.38. The quantitative estimate of drug-likeness (QED) is 0.169. The fourth-order valence-electron chi connectivity index (χ4n) is 6.16. The van der Waals surface area contributed by atoms with E-state index < -0.39 is 17.3 Å². The summed E-state index contributed by atoms with van der Waals surface area (Å²) in [5, 5.41) is 3.53. The summed E-state index contributed by atoms with van der Waals surface area (Å²) in [6.45, 7) is 4.86. The van der Waals surface area contributed by atoms with E-state index in [1.165, 1.54) is 47.5 Å². The largest absolute Gasteiger partial charge is 0.485 e. The minimum Gasteiger partial charge on any atom is -0.485 e. The number of piperidine rings is 1. The van der Waals surface area contributed by atoms with Gasteiger partial charge in [-0.3, -0.25) is 24.0 Å². The molecule has 7 rings (SSSR count). The first-order valence-corrected chi connectivity index (χ1v) is 16.7. The van der Waals surface area contributed by atoms with Gasteiger partial charge in [-0.15, -0.1) is 0 Å². The first kappa shape index (κ1) is 32.4. The van der Waals surface area contributed by atoms with Crippen molar-refractivity contribution in [1.29, 1.82) is 0 Å². The number of rotatable bonds is 9. The van der Waals surface area contributed by atoms with Gasteiger partial charge >= 0.3 is 0 Å². The molecule has 1 fully saturated rings. The molecule has 49 heavy (non-hydrogen) atoms. The van der Waals surface area contributed by atoms with E-state index in [2.05, 4.69) is 22.1 Å². The second kappa shape index (κ2) is 14.2. The number of pyridine rings is 2. The molecular formula is C37H34ClFN4O6. The maximum Gasteiger partial charge on any atom is 0.267 e. The second-order valence-corrected chi connectivity index (χ2v) is 12.2. The van der Waals surface area contributed by atoms with Gasteiger partial charge in [0.15, 0.2) is 17.7 Å². The predicted octanol–water partition coefficient (Wildman–Crippen LogP) is 7.59. The van der Waals surface area contributed by atoms with Crippen LogP contribution in [0.3, 0.4) is 0 Å². The Kier molecular flexibility index (Phi) is 9.36. The molecule has 2 aliphatic heterocycles. The highest BCUT2D eigenvalue weighted by molar-refractivity contribution is 6.34. The number of nitrogens with zero attached hydrogens (tertiary/aromatic N) is 3. The van der Waals surface area contributed by atoms with Crippen molar-refractivity contribution in [2.75, 3.05) is 31.6 Å². The van der Waals surface area contributed by atoms with Crippen LogP contribution in [0, 0.1) is 5.82 Å². The zero-order valence-corrected chi connectivity index (χ0v) is 27.5. The first-order valence-electron chi connectivity index (χ1n) is 16.3. The molecule has 2 aromatic heterocycles. The van der Waals surface area contributed by atoms with Gasteiger partial charge in [0.25, 0.3) is 11.5 Å². The number of aromatic nitrogens is 2. The maximum atomic E-state index is 13.4. The minimum atomic E-state index is -0.649. The number of ether oxygens (including phenoxy) is 4. The molecule has 0 bridgehead atoms. The molecule has 0 spiro atoms. The number of amides is 1. The molecule has 1 N–H and O–H groups in total. The summed E-state index contributed by atoms with van der Waals surface area (Å²) >= 11 is 6.60. The van der Waals surface area contributed by atoms with Crippen molar-refractivity contribution in [3.8, 4) is 34.4 Å². The molecular weight excluding hydrogens is 651 g/mol. The Morgan fingerprint density at radius 1 is 1.00 bits per heavy atom. The first-order chi connectivity index (χ1) is 23.9. The predicted molar refractivity (Wildman–Crippen MR) is 184 cm³/mol. The van der Waals surface area contributed by atoms with Gasteiger partial charge in [-0.1, -0.05) is 24.9 Å². The van der Waals surface area contributed by atoms with Crippen molar-refractivity contribution in [1.82, 2.24) is 14.5 Å². The Morgan fingerprint density at radius 3 is 2.53 bits per heavy atom. The van der Waals surface area contributed by atoms with Crippen LogP contribution >= 0.6 is 11.6 Å². The lowest BCUT2D eigenvalue weighted by molar-refractivity contribution is 0.00665. The molecule has 4 heterocycles. The summed E-state index contributed by atoms with van der Waals surface area (Å²) in [7, 11) is 0. The Hall–Kier alpha value is -5.13. The average Bonchev–Trinajstić information content (AvgIpc) is 3.12. The number of halogens is 2. The maximum absolute atomic E-state index is 13.4. The van der Waals surface area contributed by atoms with Crippen molar-refractivity contribution in [2.24, 2.45) is 0 Å². The third kappa shape index (κ3) is 6.77. The smallest absolute Gasteiger partial charge is 0.267 e. The van der Waals surface area contributed by atoms with E-state index in [-0.39, 0.29) is 22.5 Å². The number of nitrogens with one attached hydrogen (secondary N) is 1. The van der Waals surface area contributed by atoms with Crippen LogP contribution in [0.4, 0.5) is 10.1 Å². The molecule has 12 heteroatoms. The second-order valence-electron chi connectivity index (χ2n) is 11.8. The van der Waals surface area contributed by atoms with Gasteiger partial charge in [0.2, 0.25) is 5.75 Å². The topological polar surface area (TPSA) is 104 Å². The van der Waals surface area contributed by atoms with Gasteiger partial charge in [-0.05, 0) is 73.9 Å². The number of likely N-dealkylation sites (tertiary alicyclic amines) is 1. The van der Waals surface area contributed by atoms with E-state index in [1.807, 2.05) is 6.07 Å². The Balaban J connectivity index is 1.13. The highest BCUT2D eigenvalue weighted by Crippen LogP contribution is 2.49. The number of benzene rings is 3. The summed E-state index contributed by atoms with van der Waals surface area (Å²) < 4.78 is 39.8. The molecule has 0 saturated carbocycles. The third-order valence-electron chi connectivity index (χ3n) is 8.57. The molecule has 1 saturated heterocycles. The van der Waals surface area contributed by atoms with Crippen molar-refractivity contribution in [3.05, 3.63) is 106 Å². The molecule has 0 radical (unpaired) electrons. The molecule has 1 unspecified atom stereocenters.